The monoisotopic (exact) mass is 287 g/mol. The van der Waals surface area contributed by atoms with Gasteiger partial charge in [-0.3, -0.25) is 0 Å². The Morgan fingerprint density at radius 1 is 1.24 bits per heavy atom. The first kappa shape index (κ1) is 12.8. The lowest BCUT2D eigenvalue weighted by Crippen LogP contribution is -2.22. The number of aromatic nitrogens is 2. The Morgan fingerprint density at radius 2 is 2.24 bits per heavy atom. The van der Waals surface area contributed by atoms with Crippen LogP contribution in [0.4, 0.5) is 5.69 Å². The van der Waals surface area contributed by atoms with Gasteiger partial charge in [-0.15, -0.1) is 0 Å². The number of hydrogen-bond donors (Lipinski definition) is 1. The minimum atomic E-state index is -0.226. The van der Waals surface area contributed by atoms with E-state index in [1.54, 1.807) is 0 Å². The molecule has 110 valence electrons. The zero-order valence-electron chi connectivity index (χ0n) is 11.7. The van der Waals surface area contributed by atoms with E-state index < -0.39 is 0 Å². The molecule has 2 aliphatic heterocycles. The number of fused-ring (bicyclic) bond motifs is 1. The predicted molar refractivity (Wildman–Crippen MR) is 76.1 cm³/mol. The molecule has 1 saturated heterocycles. The molecule has 21 heavy (non-hydrogen) atoms. The highest BCUT2D eigenvalue weighted by atomic mass is 16.6. The second kappa shape index (κ2) is 5.46. The molecule has 0 bridgehead atoms. The summed E-state index contributed by atoms with van der Waals surface area (Å²) in [6.07, 6.45) is 2.01. The highest BCUT2D eigenvalue weighted by molar-refractivity contribution is 5.63. The van der Waals surface area contributed by atoms with E-state index in [-0.39, 0.29) is 6.10 Å². The standard InChI is InChI=1S/C15H17N3O3/c1-2-10-8-11(3-4-12(10)16-5-1)15-17-14(18-21-15)13-9-19-6-7-20-13/h3-4,8,13,16H,1-2,5-7,9H2. The molecule has 0 radical (unpaired) electrons. The van der Waals surface area contributed by atoms with Gasteiger partial charge in [0.1, 0.15) is 6.10 Å². The summed E-state index contributed by atoms with van der Waals surface area (Å²) in [4.78, 5) is 4.45. The second-order valence-electron chi connectivity index (χ2n) is 5.29. The molecule has 1 atom stereocenters. The third kappa shape index (κ3) is 2.52. The average Bonchev–Trinajstić information content (AvgIpc) is 3.05. The van der Waals surface area contributed by atoms with Crippen LogP contribution >= 0.6 is 0 Å². The predicted octanol–water partition coefficient (Wildman–Crippen LogP) is 2.18. The van der Waals surface area contributed by atoms with Crippen LogP contribution in [-0.2, 0) is 15.9 Å². The largest absolute Gasteiger partial charge is 0.385 e. The Balaban J connectivity index is 1.60. The highest BCUT2D eigenvalue weighted by Gasteiger charge is 2.23. The van der Waals surface area contributed by atoms with Crippen molar-refractivity contribution in [1.29, 1.82) is 0 Å². The fourth-order valence-electron chi connectivity index (χ4n) is 2.73. The normalized spacial score (nSPS) is 21.6. The topological polar surface area (TPSA) is 69.4 Å². The third-order valence-electron chi connectivity index (χ3n) is 3.84. The minimum absolute atomic E-state index is 0.226. The van der Waals surface area contributed by atoms with Crippen molar-refractivity contribution in [3.05, 3.63) is 29.6 Å². The van der Waals surface area contributed by atoms with Crippen molar-refractivity contribution in [2.24, 2.45) is 0 Å². The number of aryl methyl sites for hydroxylation is 1. The number of nitrogens with one attached hydrogen (secondary N) is 1. The van der Waals surface area contributed by atoms with Crippen molar-refractivity contribution in [3.8, 4) is 11.5 Å². The number of hydrogen-bond acceptors (Lipinski definition) is 6. The Labute approximate surface area is 122 Å². The highest BCUT2D eigenvalue weighted by Crippen LogP contribution is 2.28. The summed E-state index contributed by atoms with van der Waals surface area (Å²) in [6.45, 7) is 2.71. The maximum absolute atomic E-state index is 5.58. The quantitative estimate of drug-likeness (QED) is 0.913. The fraction of sp³-hybridized carbons (Fsp3) is 0.467. The van der Waals surface area contributed by atoms with Gasteiger partial charge in [-0.2, -0.15) is 4.98 Å². The Kier molecular flexibility index (Phi) is 3.33. The lowest BCUT2D eigenvalue weighted by atomic mass is 10.0. The molecule has 0 aliphatic carbocycles. The number of benzene rings is 1. The summed E-state index contributed by atoms with van der Waals surface area (Å²) in [7, 11) is 0. The molecule has 6 heteroatoms. The van der Waals surface area contributed by atoms with Crippen molar-refractivity contribution in [2.75, 3.05) is 31.7 Å². The van der Waals surface area contributed by atoms with E-state index in [0.29, 0.717) is 31.5 Å². The molecule has 1 fully saturated rings. The first-order chi connectivity index (χ1) is 10.4. The van der Waals surface area contributed by atoms with Gasteiger partial charge >= 0.3 is 0 Å². The van der Waals surface area contributed by atoms with Gasteiger partial charge in [0, 0.05) is 17.8 Å². The summed E-state index contributed by atoms with van der Waals surface area (Å²) >= 11 is 0. The summed E-state index contributed by atoms with van der Waals surface area (Å²) < 4.78 is 16.3. The molecule has 1 N–H and O–H groups in total. The van der Waals surface area contributed by atoms with Crippen LogP contribution in [0.3, 0.4) is 0 Å². The molecule has 1 aromatic heterocycles. The first-order valence-electron chi connectivity index (χ1n) is 7.30. The van der Waals surface area contributed by atoms with E-state index in [2.05, 4.69) is 27.6 Å². The van der Waals surface area contributed by atoms with E-state index in [4.69, 9.17) is 14.0 Å². The van der Waals surface area contributed by atoms with Crippen molar-refractivity contribution >= 4 is 5.69 Å². The van der Waals surface area contributed by atoms with Gasteiger partial charge in [0.25, 0.3) is 5.89 Å². The van der Waals surface area contributed by atoms with E-state index in [9.17, 15) is 0 Å². The van der Waals surface area contributed by atoms with Crippen LogP contribution in [0.2, 0.25) is 0 Å². The number of nitrogens with zero attached hydrogens (tertiary/aromatic N) is 2. The van der Waals surface area contributed by atoms with Crippen LogP contribution in [0.5, 0.6) is 0 Å². The molecule has 1 unspecified atom stereocenters. The first-order valence-corrected chi connectivity index (χ1v) is 7.30. The van der Waals surface area contributed by atoms with Gasteiger partial charge in [-0.1, -0.05) is 5.16 Å². The van der Waals surface area contributed by atoms with Crippen LogP contribution in [0.25, 0.3) is 11.5 Å². The maximum Gasteiger partial charge on any atom is 0.258 e. The van der Waals surface area contributed by atoms with E-state index >= 15 is 0 Å². The molecule has 0 spiro atoms. The van der Waals surface area contributed by atoms with Gasteiger partial charge in [0.05, 0.1) is 19.8 Å². The van der Waals surface area contributed by atoms with Crippen molar-refractivity contribution in [1.82, 2.24) is 10.1 Å². The third-order valence-corrected chi connectivity index (χ3v) is 3.84. The zero-order valence-corrected chi connectivity index (χ0v) is 11.7. The van der Waals surface area contributed by atoms with Crippen LogP contribution in [0, 0.1) is 0 Å². The zero-order chi connectivity index (χ0) is 14.1. The van der Waals surface area contributed by atoms with Crippen molar-refractivity contribution < 1.29 is 14.0 Å². The molecule has 3 heterocycles. The SMILES string of the molecule is c1cc2c(cc1-c1nc(C3COCCO3)no1)CCCN2. The average molecular weight is 287 g/mol. The molecule has 1 aromatic carbocycles. The molecule has 2 aliphatic rings. The molecular weight excluding hydrogens is 270 g/mol. The Hall–Kier alpha value is -1.92. The molecule has 4 rings (SSSR count). The minimum Gasteiger partial charge on any atom is -0.385 e. The number of rotatable bonds is 2. The second-order valence-corrected chi connectivity index (χ2v) is 5.29. The molecule has 6 nitrogen and oxygen atoms in total. The number of ether oxygens (including phenoxy) is 2. The summed E-state index contributed by atoms with van der Waals surface area (Å²) in [5, 5.41) is 7.42. The van der Waals surface area contributed by atoms with Gasteiger partial charge in [0.15, 0.2) is 0 Å². The van der Waals surface area contributed by atoms with E-state index in [1.165, 1.54) is 11.3 Å². The van der Waals surface area contributed by atoms with Gasteiger partial charge in [-0.05, 0) is 36.6 Å². The van der Waals surface area contributed by atoms with Gasteiger partial charge < -0.3 is 19.3 Å². The Bertz CT molecular complexity index is 635. The summed E-state index contributed by atoms with van der Waals surface area (Å²) in [5.74, 6) is 1.09. The van der Waals surface area contributed by atoms with Crippen molar-refractivity contribution in [3.63, 3.8) is 0 Å². The van der Waals surface area contributed by atoms with Crippen LogP contribution in [0.15, 0.2) is 22.7 Å². The lowest BCUT2D eigenvalue weighted by Gasteiger charge is -2.19. The number of anilines is 1. The Morgan fingerprint density at radius 3 is 3.14 bits per heavy atom. The fourth-order valence-corrected chi connectivity index (χ4v) is 2.73. The van der Waals surface area contributed by atoms with Crippen LogP contribution in [-0.4, -0.2) is 36.5 Å². The summed E-state index contributed by atoms with van der Waals surface area (Å²) in [6, 6.07) is 6.21. The van der Waals surface area contributed by atoms with Crippen molar-refractivity contribution in [2.45, 2.75) is 18.9 Å². The van der Waals surface area contributed by atoms with E-state index in [0.717, 1.165) is 24.9 Å². The smallest absolute Gasteiger partial charge is 0.258 e. The van der Waals surface area contributed by atoms with Crippen LogP contribution in [0.1, 0.15) is 23.9 Å². The van der Waals surface area contributed by atoms with Crippen LogP contribution < -0.4 is 5.32 Å². The molecule has 0 amide bonds. The van der Waals surface area contributed by atoms with Gasteiger partial charge in [-0.25, -0.2) is 0 Å². The van der Waals surface area contributed by atoms with E-state index in [1.807, 2.05) is 6.07 Å². The van der Waals surface area contributed by atoms with Gasteiger partial charge in [0.2, 0.25) is 5.82 Å². The molecule has 2 aromatic rings. The molecular formula is C15H17N3O3. The lowest BCUT2D eigenvalue weighted by molar-refractivity contribution is -0.0941. The maximum atomic E-state index is 5.58. The molecule has 0 saturated carbocycles. The summed E-state index contributed by atoms with van der Waals surface area (Å²) in [5.41, 5.74) is 3.46.